The molecule has 0 radical (unpaired) electrons. The minimum absolute atomic E-state index is 0.114. The number of aliphatic hydroxyl groups is 2. The number of hydrogen-bond donors (Lipinski definition) is 2. The predicted octanol–water partition coefficient (Wildman–Crippen LogP) is 1.96. The molecule has 2 atom stereocenters. The van der Waals surface area contributed by atoms with Crippen molar-refractivity contribution in [1.29, 1.82) is 0 Å². The molecule has 1 aliphatic rings. The van der Waals surface area contributed by atoms with Gasteiger partial charge in [-0.1, -0.05) is 24.3 Å². The lowest BCUT2D eigenvalue weighted by atomic mass is 9.77. The molecule has 1 aliphatic carbocycles. The van der Waals surface area contributed by atoms with E-state index in [1.165, 1.54) is 6.07 Å². The van der Waals surface area contributed by atoms with Crippen LogP contribution in [0.25, 0.3) is 0 Å². The maximum absolute atomic E-state index is 12.7. The topological polar surface area (TPSA) is 40.5 Å². The number of benzene rings is 1. The number of halogens is 3. The van der Waals surface area contributed by atoms with Crippen LogP contribution in [-0.2, 0) is 6.42 Å². The zero-order chi connectivity index (χ0) is 12.0. The van der Waals surface area contributed by atoms with Gasteiger partial charge >= 0.3 is 6.18 Å². The predicted molar refractivity (Wildman–Crippen MR) is 50.7 cm³/mol. The highest BCUT2D eigenvalue weighted by Gasteiger charge is 2.59. The second-order valence-corrected chi connectivity index (χ2v) is 4.02. The Balaban J connectivity index is 2.45. The zero-order valence-corrected chi connectivity index (χ0v) is 8.33. The van der Waals surface area contributed by atoms with Crippen molar-refractivity contribution < 1.29 is 23.4 Å². The Labute approximate surface area is 90.3 Å². The molecule has 0 spiro atoms. The van der Waals surface area contributed by atoms with Crippen molar-refractivity contribution in [3.8, 4) is 0 Å². The fourth-order valence-corrected chi connectivity index (χ4v) is 2.04. The van der Waals surface area contributed by atoms with E-state index >= 15 is 0 Å². The molecule has 0 saturated heterocycles. The van der Waals surface area contributed by atoms with Crippen molar-refractivity contribution in [2.45, 2.75) is 30.7 Å². The molecule has 0 heterocycles. The van der Waals surface area contributed by atoms with Crippen LogP contribution in [0.4, 0.5) is 13.2 Å². The molecule has 2 rings (SSSR count). The van der Waals surface area contributed by atoms with Gasteiger partial charge in [0, 0.05) is 0 Å². The SMILES string of the molecule is O[C@@H]1c2ccccc2CC[C@]1(O)C(F)(F)F. The first kappa shape index (κ1) is 11.4. The third-order valence-electron chi connectivity index (χ3n) is 3.07. The number of aliphatic hydroxyl groups excluding tert-OH is 1. The summed E-state index contributed by atoms with van der Waals surface area (Å²) in [6.07, 6.45) is -7.12. The lowest BCUT2D eigenvalue weighted by Crippen LogP contribution is -2.52. The van der Waals surface area contributed by atoms with Gasteiger partial charge < -0.3 is 10.2 Å². The van der Waals surface area contributed by atoms with Gasteiger partial charge in [0.1, 0.15) is 6.10 Å². The minimum Gasteiger partial charge on any atom is -0.385 e. The summed E-state index contributed by atoms with van der Waals surface area (Å²) >= 11 is 0. The molecule has 0 amide bonds. The molecule has 0 saturated carbocycles. The summed E-state index contributed by atoms with van der Waals surface area (Å²) in [6, 6.07) is 6.32. The molecule has 88 valence electrons. The summed E-state index contributed by atoms with van der Waals surface area (Å²) in [4.78, 5) is 0. The Hall–Kier alpha value is -1.07. The number of alkyl halides is 3. The molecular weight excluding hydrogens is 221 g/mol. The van der Waals surface area contributed by atoms with Gasteiger partial charge in [-0.2, -0.15) is 13.2 Å². The molecule has 0 fully saturated rings. The molecule has 1 aromatic rings. The Bertz CT molecular complexity index is 402. The first-order valence-corrected chi connectivity index (χ1v) is 4.91. The smallest absolute Gasteiger partial charge is 0.385 e. The third kappa shape index (κ3) is 1.51. The van der Waals surface area contributed by atoms with E-state index in [1.807, 2.05) is 0 Å². The highest BCUT2D eigenvalue weighted by Crippen LogP contribution is 2.46. The molecule has 16 heavy (non-hydrogen) atoms. The van der Waals surface area contributed by atoms with Crippen molar-refractivity contribution in [2.75, 3.05) is 0 Å². The standard InChI is InChI=1S/C11H11F3O2/c12-11(13,14)10(16)6-5-7-3-1-2-4-8(7)9(10)15/h1-4,9,15-16H,5-6H2/t9-,10-/m1/s1. The highest BCUT2D eigenvalue weighted by atomic mass is 19.4. The maximum Gasteiger partial charge on any atom is 0.420 e. The van der Waals surface area contributed by atoms with Gasteiger partial charge in [-0.05, 0) is 24.0 Å². The van der Waals surface area contributed by atoms with Crippen molar-refractivity contribution >= 4 is 0 Å². The van der Waals surface area contributed by atoms with E-state index in [0.717, 1.165) is 0 Å². The van der Waals surface area contributed by atoms with Crippen LogP contribution in [0, 0.1) is 0 Å². The van der Waals surface area contributed by atoms with Crippen LogP contribution in [-0.4, -0.2) is 22.0 Å². The fourth-order valence-electron chi connectivity index (χ4n) is 2.04. The van der Waals surface area contributed by atoms with Gasteiger partial charge in [-0.25, -0.2) is 0 Å². The first-order valence-electron chi connectivity index (χ1n) is 4.91. The normalized spacial score (nSPS) is 29.9. The Kier molecular flexibility index (Phi) is 2.47. The number of hydrogen-bond acceptors (Lipinski definition) is 2. The highest BCUT2D eigenvalue weighted by molar-refractivity contribution is 5.34. The van der Waals surface area contributed by atoms with E-state index in [1.54, 1.807) is 18.2 Å². The van der Waals surface area contributed by atoms with Crippen molar-refractivity contribution in [2.24, 2.45) is 0 Å². The molecule has 1 aromatic carbocycles. The zero-order valence-electron chi connectivity index (χ0n) is 8.33. The molecule has 0 bridgehead atoms. The summed E-state index contributed by atoms with van der Waals surface area (Å²) in [5, 5.41) is 19.2. The van der Waals surface area contributed by atoms with E-state index in [2.05, 4.69) is 0 Å². The van der Waals surface area contributed by atoms with Gasteiger partial charge in [0.2, 0.25) is 0 Å². The van der Waals surface area contributed by atoms with Crippen LogP contribution in [0.3, 0.4) is 0 Å². The maximum atomic E-state index is 12.7. The van der Waals surface area contributed by atoms with Gasteiger partial charge in [0.15, 0.2) is 5.60 Å². The largest absolute Gasteiger partial charge is 0.420 e. The van der Waals surface area contributed by atoms with E-state index < -0.39 is 24.3 Å². The lowest BCUT2D eigenvalue weighted by molar-refractivity contribution is -0.296. The molecule has 0 unspecified atom stereocenters. The van der Waals surface area contributed by atoms with Gasteiger partial charge in [-0.15, -0.1) is 0 Å². The summed E-state index contributed by atoms with van der Waals surface area (Å²) in [5.74, 6) is 0. The van der Waals surface area contributed by atoms with Crippen LogP contribution in [0.5, 0.6) is 0 Å². The number of aryl methyl sites for hydroxylation is 1. The van der Waals surface area contributed by atoms with E-state index in [-0.39, 0.29) is 12.0 Å². The average Bonchev–Trinajstić information content (AvgIpc) is 2.22. The Morgan fingerprint density at radius 2 is 1.88 bits per heavy atom. The van der Waals surface area contributed by atoms with E-state index in [0.29, 0.717) is 5.56 Å². The number of rotatable bonds is 0. The molecule has 0 aromatic heterocycles. The second-order valence-electron chi connectivity index (χ2n) is 4.02. The fraction of sp³-hybridized carbons (Fsp3) is 0.455. The van der Waals surface area contributed by atoms with E-state index in [4.69, 9.17) is 0 Å². The third-order valence-corrected chi connectivity index (χ3v) is 3.07. The molecule has 0 aliphatic heterocycles. The summed E-state index contributed by atoms with van der Waals surface area (Å²) in [6.45, 7) is 0. The lowest BCUT2D eigenvalue weighted by Gasteiger charge is -2.39. The van der Waals surface area contributed by atoms with Crippen molar-refractivity contribution in [3.05, 3.63) is 35.4 Å². The summed E-state index contributed by atoms with van der Waals surface area (Å²) in [7, 11) is 0. The van der Waals surface area contributed by atoms with Crippen LogP contribution < -0.4 is 0 Å². The molecule has 5 heteroatoms. The molecular formula is C11H11F3O2. The Morgan fingerprint density at radius 1 is 1.25 bits per heavy atom. The van der Waals surface area contributed by atoms with Crippen LogP contribution in [0.1, 0.15) is 23.7 Å². The average molecular weight is 232 g/mol. The first-order chi connectivity index (χ1) is 7.36. The quantitative estimate of drug-likeness (QED) is 0.717. The van der Waals surface area contributed by atoms with Crippen LogP contribution in [0.15, 0.2) is 24.3 Å². The number of fused-ring (bicyclic) bond motifs is 1. The van der Waals surface area contributed by atoms with Gasteiger partial charge in [-0.3, -0.25) is 0 Å². The minimum atomic E-state index is -4.82. The van der Waals surface area contributed by atoms with Crippen LogP contribution >= 0.6 is 0 Å². The van der Waals surface area contributed by atoms with Crippen molar-refractivity contribution in [3.63, 3.8) is 0 Å². The van der Waals surface area contributed by atoms with Gasteiger partial charge in [0.05, 0.1) is 0 Å². The second kappa shape index (κ2) is 3.46. The van der Waals surface area contributed by atoms with Gasteiger partial charge in [0.25, 0.3) is 0 Å². The van der Waals surface area contributed by atoms with Crippen molar-refractivity contribution in [1.82, 2.24) is 0 Å². The van der Waals surface area contributed by atoms with Crippen LogP contribution in [0.2, 0.25) is 0 Å². The van der Waals surface area contributed by atoms with E-state index in [9.17, 15) is 23.4 Å². The Morgan fingerprint density at radius 3 is 2.50 bits per heavy atom. The molecule has 2 N–H and O–H groups in total. The monoisotopic (exact) mass is 232 g/mol. The summed E-state index contributed by atoms with van der Waals surface area (Å²) < 4.78 is 38.0. The molecule has 2 nitrogen and oxygen atoms in total. The summed E-state index contributed by atoms with van der Waals surface area (Å²) in [5.41, 5.74) is -2.21.